The van der Waals surface area contributed by atoms with E-state index in [2.05, 4.69) is 0 Å². The predicted octanol–water partition coefficient (Wildman–Crippen LogP) is 1.24. The number of carbonyl (C=O) groups is 1. The lowest BCUT2D eigenvalue weighted by molar-refractivity contribution is -0.125. The van der Waals surface area contributed by atoms with E-state index in [1.807, 2.05) is 5.32 Å². The number of hydrogen-bond donors (Lipinski definition) is 2. The molecule has 1 atom stereocenters. The number of nitrogens with two attached hydrogens (primary N) is 1. The summed E-state index contributed by atoms with van der Waals surface area (Å²) in [6, 6.07) is 5.70. The van der Waals surface area contributed by atoms with Gasteiger partial charge in [0.05, 0.1) is 30.8 Å². The summed E-state index contributed by atoms with van der Waals surface area (Å²) in [5.74, 6) is -4.95. The molecule has 24 heavy (non-hydrogen) atoms. The van der Waals surface area contributed by atoms with Crippen LogP contribution in [0.3, 0.4) is 0 Å². The largest absolute Gasteiger partial charge is 0.497 e. The summed E-state index contributed by atoms with van der Waals surface area (Å²) in [5.41, 5.74) is 4.86. The van der Waals surface area contributed by atoms with Gasteiger partial charge in [0.2, 0.25) is 5.91 Å². The molecular formula is C14H21ClF2N2O4S. The number of amides is 1. The highest BCUT2D eigenvalue weighted by atomic mass is 35.5. The van der Waals surface area contributed by atoms with Crippen LogP contribution in [0.2, 0.25) is 0 Å². The summed E-state index contributed by atoms with van der Waals surface area (Å²) in [6.07, 6.45) is 0. The number of alkyl halides is 2. The third kappa shape index (κ3) is 6.58. The van der Waals surface area contributed by atoms with Gasteiger partial charge in [-0.2, -0.15) is 0 Å². The van der Waals surface area contributed by atoms with Crippen molar-refractivity contribution >= 4 is 28.2 Å². The van der Waals surface area contributed by atoms with Gasteiger partial charge in [-0.25, -0.2) is 17.2 Å². The first kappa shape index (κ1) is 22.6. The lowest BCUT2D eigenvalue weighted by Gasteiger charge is -2.17. The molecule has 0 aromatic heterocycles. The van der Waals surface area contributed by atoms with E-state index in [1.165, 1.54) is 38.3 Å². The molecule has 6 nitrogen and oxygen atoms in total. The molecule has 3 N–H and O–H groups in total. The molecular weight excluding hydrogens is 366 g/mol. The molecule has 0 radical (unpaired) electrons. The van der Waals surface area contributed by atoms with Gasteiger partial charge < -0.3 is 15.8 Å². The molecule has 0 saturated heterocycles. The fraction of sp³-hybridized carbons (Fsp3) is 0.500. The Labute approximate surface area is 146 Å². The molecule has 0 heterocycles. The Hall–Kier alpha value is -1.45. The molecule has 0 saturated carbocycles. The maximum Gasteiger partial charge on any atom is 0.277 e. The van der Waals surface area contributed by atoms with E-state index >= 15 is 0 Å². The minimum atomic E-state index is -3.72. The van der Waals surface area contributed by atoms with Gasteiger partial charge in [-0.15, -0.1) is 12.4 Å². The molecule has 1 aromatic carbocycles. The van der Waals surface area contributed by atoms with Gasteiger partial charge in [-0.1, -0.05) is 6.92 Å². The number of methoxy groups -OCH3 is 1. The quantitative estimate of drug-likeness (QED) is 0.700. The molecule has 1 rings (SSSR count). The predicted molar refractivity (Wildman–Crippen MR) is 88.5 cm³/mol. The maximum atomic E-state index is 13.0. The van der Waals surface area contributed by atoms with Crippen LogP contribution in [-0.2, 0) is 14.6 Å². The summed E-state index contributed by atoms with van der Waals surface area (Å²) in [6.45, 7) is -0.460. The lowest BCUT2D eigenvalue weighted by atomic mass is 10.2. The average molecular weight is 387 g/mol. The molecule has 1 amide bonds. The van der Waals surface area contributed by atoms with E-state index in [-0.39, 0.29) is 17.3 Å². The smallest absolute Gasteiger partial charge is 0.277 e. The molecule has 0 spiro atoms. The molecule has 0 bridgehead atoms. The topological polar surface area (TPSA) is 98.5 Å². The Balaban J connectivity index is 0.00000529. The lowest BCUT2D eigenvalue weighted by Crippen LogP contribution is -2.44. The second kappa shape index (κ2) is 9.14. The number of ether oxygens (including phenoxy) is 1. The second-order valence-corrected chi connectivity index (χ2v) is 7.17. The monoisotopic (exact) mass is 386 g/mol. The molecule has 0 aliphatic rings. The zero-order chi connectivity index (χ0) is 17.7. The standard InChI is InChI=1S/C14H20F2N2O4S.ClH/c1-10(13(19)18-9-14(15,16)8-17)7-23(20,21)12-5-3-11(22-2)4-6-12;/h3-6,10H,7-9,17H2,1-2H3,(H,18,19);1H. The van der Waals surface area contributed by atoms with Crippen LogP contribution in [0.15, 0.2) is 29.2 Å². The Morgan fingerprint density at radius 3 is 2.33 bits per heavy atom. The molecule has 0 aliphatic carbocycles. The highest BCUT2D eigenvalue weighted by Gasteiger charge is 2.29. The van der Waals surface area contributed by atoms with Crippen molar-refractivity contribution in [3.63, 3.8) is 0 Å². The van der Waals surface area contributed by atoms with Gasteiger partial charge in [0.25, 0.3) is 5.92 Å². The van der Waals surface area contributed by atoms with Gasteiger partial charge in [-0.3, -0.25) is 4.79 Å². The highest BCUT2D eigenvalue weighted by molar-refractivity contribution is 7.91. The summed E-state index contributed by atoms with van der Waals surface area (Å²) in [4.78, 5) is 11.8. The first-order chi connectivity index (χ1) is 10.6. The average Bonchev–Trinajstić information content (AvgIpc) is 2.52. The molecule has 1 aromatic rings. The van der Waals surface area contributed by atoms with Gasteiger partial charge >= 0.3 is 0 Å². The van der Waals surface area contributed by atoms with E-state index < -0.39 is 46.4 Å². The number of nitrogens with one attached hydrogen (secondary N) is 1. The number of rotatable bonds is 8. The Kier molecular flexibility index (Phi) is 8.59. The van der Waals surface area contributed by atoms with Gasteiger partial charge in [0.15, 0.2) is 9.84 Å². The van der Waals surface area contributed by atoms with Gasteiger partial charge in [0, 0.05) is 5.92 Å². The third-order valence-electron chi connectivity index (χ3n) is 3.16. The fourth-order valence-corrected chi connectivity index (χ4v) is 3.30. The van der Waals surface area contributed by atoms with Crippen LogP contribution in [-0.4, -0.2) is 46.2 Å². The van der Waals surface area contributed by atoms with E-state index in [1.54, 1.807) is 0 Å². The van der Waals surface area contributed by atoms with Crippen LogP contribution in [0.1, 0.15) is 6.92 Å². The Morgan fingerprint density at radius 2 is 1.88 bits per heavy atom. The van der Waals surface area contributed by atoms with Crippen molar-refractivity contribution < 1.29 is 26.7 Å². The second-order valence-electron chi connectivity index (χ2n) is 5.14. The van der Waals surface area contributed by atoms with E-state index in [0.717, 1.165) is 0 Å². The van der Waals surface area contributed by atoms with Gasteiger partial charge in [-0.05, 0) is 24.3 Å². The summed E-state index contributed by atoms with van der Waals surface area (Å²) < 4.78 is 55.3. The van der Waals surface area contributed by atoms with Crippen molar-refractivity contribution in [1.29, 1.82) is 0 Å². The van der Waals surface area contributed by atoms with Crippen LogP contribution in [0.25, 0.3) is 0 Å². The SMILES string of the molecule is COc1ccc(S(=O)(=O)CC(C)C(=O)NCC(F)(F)CN)cc1.Cl. The van der Waals surface area contributed by atoms with Crippen LogP contribution in [0, 0.1) is 5.92 Å². The number of halogens is 3. The van der Waals surface area contributed by atoms with Gasteiger partial charge in [0.1, 0.15) is 5.75 Å². The Morgan fingerprint density at radius 1 is 1.33 bits per heavy atom. The van der Waals surface area contributed by atoms with Crippen molar-refractivity contribution in [2.24, 2.45) is 11.7 Å². The highest BCUT2D eigenvalue weighted by Crippen LogP contribution is 2.18. The first-order valence-electron chi connectivity index (χ1n) is 6.84. The zero-order valence-corrected chi connectivity index (χ0v) is 14.9. The number of sulfone groups is 1. The zero-order valence-electron chi connectivity index (χ0n) is 13.3. The maximum absolute atomic E-state index is 13.0. The number of benzene rings is 1. The molecule has 10 heteroatoms. The van der Waals surface area contributed by atoms with Crippen molar-refractivity contribution in [2.45, 2.75) is 17.7 Å². The summed E-state index contributed by atoms with van der Waals surface area (Å²) in [7, 11) is -2.27. The molecule has 138 valence electrons. The van der Waals surface area contributed by atoms with Crippen molar-refractivity contribution in [3.8, 4) is 5.75 Å². The van der Waals surface area contributed by atoms with Crippen LogP contribution < -0.4 is 15.8 Å². The Bertz CT molecular complexity index is 639. The van der Waals surface area contributed by atoms with Crippen molar-refractivity contribution in [3.05, 3.63) is 24.3 Å². The minimum Gasteiger partial charge on any atom is -0.497 e. The third-order valence-corrected chi connectivity index (χ3v) is 5.08. The minimum absolute atomic E-state index is 0. The van der Waals surface area contributed by atoms with E-state index in [0.29, 0.717) is 5.75 Å². The van der Waals surface area contributed by atoms with Crippen LogP contribution >= 0.6 is 12.4 Å². The summed E-state index contributed by atoms with van der Waals surface area (Å²) in [5, 5.41) is 2.01. The number of carbonyl (C=O) groups excluding carboxylic acids is 1. The van der Waals surface area contributed by atoms with Crippen molar-refractivity contribution in [1.82, 2.24) is 5.32 Å². The summed E-state index contributed by atoms with van der Waals surface area (Å²) >= 11 is 0. The first-order valence-corrected chi connectivity index (χ1v) is 8.49. The van der Waals surface area contributed by atoms with Crippen LogP contribution in [0.5, 0.6) is 5.75 Å². The van der Waals surface area contributed by atoms with Crippen molar-refractivity contribution in [2.75, 3.05) is 26.0 Å². The normalized spacial score (nSPS) is 12.9. The van der Waals surface area contributed by atoms with E-state index in [9.17, 15) is 22.0 Å². The van der Waals surface area contributed by atoms with E-state index in [4.69, 9.17) is 10.5 Å². The number of hydrogen-bond acceptors (Lipinski definition) is 5. The molecule has 0 aliphatic heterocycles. The van der Waals surface area contributed by atoms with Crippen LogP contribution in [0.4, 0.5) is 8.78 Å². The molecule has 1 unspecified atom stereocenters. The molecule has 0 fully saturated rings. The fourth-order valence-electron chi connectivity index (χ4n) is 1.75.